The summed E-state index contributed by atoms with van der Waals surface area (Å²) in [4.78, 5) is 2.58. The Kier molecular flexibility index (Phi) is 8.70. The molecule has 1 saturated carbocycles. The Balaban J connectivity index is 2.43. The highest BCUT2D eigenvalue weighted by molar-refractivity contribution is 4.80. The molecule has 0 aromatic rings. The van der Waals surface area contributed by atoms with Crippen LogP contribution in [0.15, 0.2) is 0 Å². The first-order valence-corrected chi connectivity index (χ1v) is 8.10. The van der Waals surface area contributed by atoms with Crippen LogP contribution in [0, 0.1) is 5.92 Å². The fourth-order valence-corrected chi connectivity index (χ4v) is 3.39. The SMILES string of the molecule is CCCCC1CCCCCC1N(C)CCCCO. The molecule has 0 heterocycles. The predicted octanol–water partition coefficient (Wildman–Crippen LogP) is 3.83. The zero-order valence-corrected chi connectivity index (χ0v) is 12.5. The molecule has 2 atom stereocenters. The van der Waals surface area contributed by atoms with Crippen LogP contribution in [0.25, 0.3) is 0 Å². The zero-order chi connectivity index (χ0) is 13.2. The average Bonchev–Trinajstić information content (AvgIpc) is 2.61. The summed E-state index contributed by atoms with van der Waals surface area (Å²) in [5.74, 6) is 0.923. The molecular formula is C16H33NO. The standard InChI is InChI=1S/C16H33NO/c1-3-4-10-15-11-6-5-7-12-16(15)17(2)13-8-9-14-18/h15-16,18H,3-14H2,1-2H3. The fraction of sp³-hybridized carbons (Fsp3) is 1.00. The topological polar surface area (TPSA) is 23.5 Å². The molecule has 0 aliphatic heterocycles. The van der Waals surface area contributed by atoms with Crippen molar-refractivity contribution in [1.82, 2.24) is 4.90 Å². The van der Waals surface area contributed by atoms with Gasteiger partial charge in [-0.1, -0.05) is 39.0 Å². The third kappa shape index (κ3) is 5.71. The maximum atomic E-state index is 8.88. The maximum Gasteiger partial charge on any atom is 0.0431 e. The summed E-state index contributed by atoms with van der Waals surface area (Å²) in [6.07, 6.45) is 13.4. The van der Waals surface area contributed by atoms with Crippen molar-refractivity contribution in [1.29, 1.82) is 0 Å². The first kappa shape index (κ1) is 16.0. The quantitative estimate of drug-likeness (QED) is 0.526. The van der Waals surface area contributed by atoms with Gasteiger partial charge in [0.2, 0.25) is 0 Å². The average molecular weight is 255 g/mol. The van der Waals surface area contributed by atoms with Gasteiger partial charge in [0.05, 0.1) is 0 Å². The molecule has 1 N–H and O–H groups in total. The smallest absolute Gasteiger partial charge is 0.0431 e. The monoisotopic (exact) mass is 255 g/mol. The lowest BCUT2D eigenvalue weighted by molar-refractivity contribution is 0.150. The van der Waals surface area contributed by atoms with Crippen LogP contribution < -0.4 is 0 Å². The van der Waals surface area contributed by atoms with Crippen molar-refractivity contribution in [2.24, 2.45) is 5.92 Å². The van der Waals surface area contributed by atoms with Gasteiger partial charge in [0, 0.05) is 12.6 Å². The number of hydrogen-bond acceptors (Lipinski definition) is 2. The number of rotatable bonds is 8. The van der Waals surface area contributed by atoms with Gasteiger partial charge >= 0.3 is 0 Å². The largest absolute Gasteiger partial charge is 0.396 e. The molecule has 18 heavy (non-hydrogen) atoms. The van der Waals surface area contributed by atoms with Crippen LogP contribution in [-0.4, -0.2) is 36.2 Å². The number of unbranched alkanes of at least 4 members (excludes halogenated alkanes) is 2. The third-order valence-corrected chi connectivity index (χ3v) is 4.53. The molecule has 1 rings (SSSR count). The Labute approximate surface area is 114 Å². The van der Waals surface area contributed by atoms with Crippen LogP contribution in [-0.2, 0) is 0 Å². The Morgan fingerprint density at radius 1 is 1.06 bits per heavy atom. The minimum Gasteiger partial charge on any atom is -0.396 e. The van der Waals surface area contributed by atoms with Gasteiger partial charge in [-0.3, -0.25) is 0 Å². The second-order valence-corrected chi connectivity index (χ2v) is 6.02. The molecule has 108 valence electrons. The van der Waals surface area contributed by atoms with Gasteiger partial charge in [-0.25, -0.2) is 0 Å². The first-order valence-electron chi connectivity index (χ1n) is 8.10. The Hall–Kier alpha value is -0.0800. The first-order chi connectivity index (χ1) is 8.79. The molecule has 2 heteroatoms. The van der Waals surface area contributed by atoms with E-state index in [1.807, 2.05) is 0 Å². The van der Waals surface area contributed by atoms with E-state index in [0.29, 0.717) is 6.61 Å². The van der Waals surface area contributed by atoms with Crippen LogP contribution in [0.2, 0.25) is 0 Å². The van der Waals surface area contributed by atoms with Gasteiger partial charge < -0.3 is 10.0 Å². The van der Waals surface area contributed by atoms with E-state index in [4.69, 9.17) is 5.11 Å². The van der Waals surface area contributed by atoms with Crippen LogP contribution in [0.5, 0.6) is 0 Å². The fourth-order valence-electron chi connectivity index (χ4n) is 3.39. The molecule has 0 spiro atoms. The van der Waals surface area contributed by atoms with E-state index in [-0.39, 0.29) is 0 Å². The molecule has 2 unspecified atom stereocenters. The molecule has 2 nitrogen and oxygen atoms in total. The van der Waals surface area contributed by atoms with Crippen LogP contribution in [0.3, 0.4) is 0 Å². The van der Waals surface area contributed by atoms with Gasteiger partial charge in [-0.15, -0.1) is 0 Å². The molecule has 1 aliphatic carbocycles. The molecule has 0 bridgehead atoms. The van der Waals surface area contributed by atoms with Gasteiger partial charge in [0.25, 0.3) is 0 Å². The van der Waals surface area contributed by atoms with Gasteiger partial charge in [-0.05, 0) is 51.6 Å². The van der Waals surface area contributed by atoms with Crippen molar-refractivity contribution in [3.05, 3.63) is 0 Å². The number of aliphatic hydroxyl groups excluding tert-OH is 1. The van der Waals surface area contributed by atoms with E-state index in [0.717, 1.165) is 31.3 Å². The van der Waals surface area contributed by atoms with Gasteiger partial charge in [0.1, 0.15) is 0 Å². The molecular weight excluding hydrogens is 222 g/mol. The molecule has 0 amide bonds. The highest BCUT2D eigenvalue weighted by Crippen LogP contribution is 2.30. The predicted molar refractivity (Wildman–Crippen MR) is 78.8 cm³/mol. The van der Waals surface area contributed by atoms with E-state index < -0.39 is 0 Å². The molecule has 1 aliphatic rings. The van der Waals surface area contributed by atoms with E-state index in [9.17, 15) is 0 Å². The number of hydrogen-bond donors (Lipinski definition) is 1. The molecule has 0 saturated heterocycles. The van der Waals surface area contributed by atoms with Crippen molar-refractivity contribution >= 4 is 0 Å². The lowest BCUT2D eigenvalue weighted by Gasteiger charge is -2.34. The van der Waals surface area contributed by atoms with Crippen molar-refractivity contribution in [3.63, 3.8) is 0 Å². The summed E-state index contributed by atoms with van der Waals surface area (Å²) in [5.41, 5.74) is 0. The zero-order valence-electron chi connectivity index (χ0n) is 12.5. The number of nitrogens with zero attached hydrogens (tertiary/aromatic N) is 1. The third-order valence-electron chi connectivity index (χ3n) is 4.53. The Morgan fingerprint density at radius 3 is 2.56 bits per heavy atom. The summed E-state index contributed by atoms with van der Waals surface area (Å²) in [5, 5.41) is 8.88. The lowest BCUT2D eigenvalue weighted by Crippen LogP contribution is -2.38. The van der Waals surface area contributed by atoms with Crippen molar-refractivity contribution in [3.8, 4) is 0 Å². The molecule has 0 aromatic heterocycles. The Morgan fingerprint density at radius 2 is 1.83 bits per heavy atom. The van der Waals surface area contributed by atoms with Crippen molar-refractivity contribution in [2.75, 3.05) is 20.2 Å². The van der Waals surface area contributed by atoms with Gasteiger partial charge in [-0.2, -0.15) is 0 Å². The van der Waals surface area contributed by atoms with E-state index in [2.05, 4.69) is 18.9 Å². The second kappa shape index (κ2) is 9.80. The highest BCUT2D eigenvalue weighted by atomic mass is 16.2. The minimum absolute atomic E-state index is 0.345. The number of aliphatic hydroxyl groups is 1. The van der Waals surface area contributed by atoms with Crippen molar-refractivity contribution in [2.45, 2.75) is 77.2 Å². The molecule has 1 fully saturated rings. The normalized spacial score (nSPS) is 25.3. The lowest BCUT2D eigenvalue weighted by atomic mass is 9.88. The molecule has 0 radical (unpaired) electrons. The van der Waals surface area contributed by atoms with E-state index in [1.165, 1.54) is 51.4 Å². The highest BCUT2D eigenvalue weighted by Gasteiger charge is 2.26. The van der Waals surface area contributed by atoms with Gasteiger partial charge in [0.15, 0.2) is 0 Å². The van der Waals surface area contributed by atoms with Crippen LogP contribution in [0.1, 0.15) is 71.1 Å². The summed E-state index contributed by atoms with van der Waals surface area (Å²) in [7, 11) is 2.30. The van der Waals surface area contributed by atoms with Crippen LogP contribution >= 0.6 is 0 Å². The molecule has 0 aromatic carbocycles. The summed E-state index contributed by atoms with van der Waals surface area (Å²) >= 11 is 0. The maximum absolute atomic E-state index is 8.88. The van der Waals surface area contributed by atoms with Crippen LogP contribution in [0.4, 0.5) is 0 Å². The summed E-state index contributed by atoms with van der Waals surface area (Å²) in [6.45, 7) is 3.81. The minimum atomic E-state index is 0.345. The Bertz CT molecular complexity index is 196. The van der Waals surface area contributed by atoms with E-state index in [1.54, 1.807) is 0 Å². The van der Waals surface area contributed by atoms with Crippen molar-refractivity contribution < 1.29 is 5.11 Å². The van der Waals surface area contributed by atoms with E-state index >= 15 is 0 Å². The second-order valence-electron chi connectivity index (χ2n) is 6.02. The summed E-state index contributed by atoms with van der Waals surface area (Å²) in [6, 6.07) is 0.803. The summed E-state index contributed by atoms with van der Waals surface area (Å²) < 4.78 is 0.